The van der Waals surface area contributed by atoms with Crippen LogP contribution in [-0.2, 0) is 14.0 Å². The fourth-order valence-corrected chi connectivity index (χ4v) is 6.59. The van der Waals surface area contributed by atoms with Gasteiger partial charge in [0, 0.05) is 11.3 Å². The van der Waals surface area contributed by atoms with Gasteiger partial charge in [-0.05, 0) is 81.8 Å². The molecule has 3 atom stereocenters. The van der Waals surface area contributed by atoms with E-state index < -0.39 is 14.4 Å². The van der Waals surface area contributed by atoms with Crippen molar-refractivity contribution in [3.8, 4) is 0 Å². The van der Waals surface area contributed by atoms with E-state index in [1.165, 1.54) is 16.0 Å². The molecule has 0 spiro atoms. The maximum Gasteiger partial charge on any atom is 0.417 e. The molecule has 1 aliphatic rings. The number of rotatable bonds is 12. The quantitative estimate of drug-likeness (QED) is 0.181. The molecule has 1 aromatic heterocycles. The Morgan fingerprint density at radius 2 is 1.93 bits per heavy atom. The van der Waals surface area contributed by atoms with E-state index in [2.05, 4.69) is 70.2 Å². The van der Waals surface area contributed by atoms with Gasteiger partial charge >= 0.3 is 6.09 Å². The molecule has 0 N–H and O–H groups in total. The number of imide groups is 1. The van der Waals surface area contributed by atoms with Crippen molar-refractivity contribution in [3.63, 3.8) is 0 Å². The molecule has 6 nitrogen and oxygen atoms in total. The maximum atomic E-state index is 13.3. The van der Waals surface area contributed by atoms with Crippen LogP contribution in [0.5, 0.6) is 0 Å². The zero-order chi connectivity index (χ0) is 30.4. The number of allylic oxidation sites excluding steroid dienone is 1. The first kappa shape index (κ1) is 33.0. The number of ether oxygens (including phenoxy) is 1. The fourth-order valence-electron chi connectivity index (χ4n) is 4.68. The van der Waals surface area contributed by atoms with E-state index in [1.54, 1.807) is 11.3 Å². The summed E-state index contributed by atoms with van der Waals surface area (Å²) in [5.74, 6) is -0.426. The number of aromatic nitrogens is 1. The van der Waals surface area contributed by atoms with Gasteiger partial charge in [-0.3, -0.25) is 4.79 Å². The van der Waals surface area contributed by atoms with Crippen molar-refractivity contribution in [1.82, 2.24) is 9.88 Å². The van der Waals surface area contributed by atoms with E-state index >= 15 is 0 Å². The summed E-state index contributed by atoms with van der Waals surface area (Å²) in [5.41, 5.74) is 4.38. The van der Waals surface area contributed by atoms with E-state index in [9.17, 15) is 9.59 Å². The first-order valence-electron chi connectivity index (χ1n) is 14.7. The van der Waals surface area contributed by atoms with Crippen molar-refractivity contribution in [2.75, 3.05) is 6.61 Å². The maximum absolute atomic E-state index is 13.3. The Morgan fingerprint density at radius 3 is 2.54 bits per heavy atom. The zero-order valence-electron chi connectivity index (χ0n) is 26.3. The van der Waals surface area contributed by atoms with Crippen LogP contribution in [0.25, 0.3) is 6.08 Å². The average Bonchev–Trinajstić information content (AvgIpc) is 3.50. The van der Waals surface area contributed by atoms with Gasteiger partial charge in [0.2, 0.25) is 5.91 Å². The lowest BCUT2D eigenvalue weighted by molar-refractivity contribution is -0.133. The highest BCUT2D eigenvalue weighted by molar-refractivity contribution is 7.09. The highest BCUT2D eigenvalue weighted by Crippen LogP contribution is 2.39. The molecule has 0 bridgehead atoms. The lowest BCUT2D eigenvalue weighted by Gasteiger charge is -2.39. The van der Waals surface area contributed by atoms with Gasteiger partial charge in [-0.15, -0.1) is 11.3 Å². The number of nitrogens with zero attached hydrogens (tertiary/aromatic N) is 2. The molecule has 2 aromatic rings. The first-order chi connectivity index (χ1) is 19.2. The number of hydrogen-bond acceptors (Lipinski definition) is 6. The minimum Gasteiger partial charge on any atom is -0.446 e. The van der Waals surface area contributed by atoms with Crippen molar-refractivity contribution in [1.29, 1.82) is 0 Å². The molecule has 1 saturated heterocycles. The van der Waals surface area contributed by atoms with Gasteiger partial charge in [0.05, 0.1) is 16.8 Å². The Bertz CT molecular complexity index is 1250. The molecule has 2 amide bonds. The van der Waals surface area contributed by atoms with Crippen molar-refractivity contribution in [3.05, 3.63) is 69.2 Å². The Morgan fingerprint density at radius 1 is 1.24 bits per heavy atom. The first-order valence-corrected chi connectivity index (χ1v) is 18.5. The van der Waals surface area contributed by atoms with Crippen LogP contribution in [0.15, 0.2) is 52.9 Å². The molecular weight excluding hydrogens is 549 g/mol. The molecule has 1 aliphatic heterocycles. The molecule has 1 fully saturated rings. The van der Waals surface area contributed by atoms with Gasteiger partial charge < -0.3 is 9.16 Å². The summed E-state index contributed by atoms with van der Waals surface area (Å²) in [6.45, 7) is 19.9. The highest BCUT2D eigenvalue weighted by Gasteiger charge is 2.41. The number of aryl methyl sites for hydroxylation is 1. The largest absolute Gasteiger partial charge is 0.446 e. The second-order valence-corrected chi connectivity index (χ2v) is 18.7. The molecule has 0 aliphatic carbocycles. The van der Waals surface area contributed by atoms with E-state index in [1.807, 2.05) is 44.2 Å². The normalized spacial score (nSPS) is 18.4. The molecular formula is C33H48N2O4SSi. The molecule has 3 rings (SSSR count). The lowest BCUT2D eigenvalue weighted by atomic mass is 9.98. The van der Waals surface area contributed by atoms with Crippen molar-refractivity contribution in [2.24, 2.45) is 5.92 Å². The van der Waals surface area contributed by atoms with Gasteiger partial charge in [0.1, 0.15) is 12.6 Å². The van der Waals surface area contributed by atoms with Gasteiger partial charge in [0.15, 0.2) is 8.32 Å². The predicted molar refractivity (Wildman–Crippen MR) is 171 cm³/mol. The second kappa shape index (κ2) is 14.1. The minimum absolute atomic E-state index is 0.00977. The molecule has 0 saturated carbocycles. The Hall–Kier alpha value is -2.55. The minimum atomic E-state index is -1.98. The number of hydrogen-bond donors (Lipinski definition) is 0. The molecule has 224 valence electrons. The number of carbonyl (C=O) groups is 2. The van der Waals surface area contributed by atoms with Crippen LogP contribution in [0, 0.1) is 12.8 Å². The summed E-state index contributed by atoms with van der Waals surface area (Å²) >= 11 is 1.66. The Labute approximate surface area is 252 Å². The summed E-state index contributed by atoms with van der Waals surface area (Å²) < 4.78 is 12.1. The molecule has 1 aromatic carbocycles. The number of cyclic esters (lactones) is 1. The SMILES string of the molecule is CC(=CC[C@H](O[Si](C)(C)C(C)(C)C)C(C)=Cc1csc(C)n1)CCC[C@H](C)C(=O)N1C(=O)OC[C@H]1c1ccccc1. The van der Waals surface area contributed by atoms with Gasteiger partial charge in [-0.1, -0.05) is 69.7 Å². The molecule has 0 unspecified atom stereocenters. The van der Waals surface area contributed by atoms with Crippen LogP contribution in [0.2, 0.25) is 18.1 Å². The van der Waals surface area contributed by atoms with Crippen LogP contribution < -0.4 is 0 Å². The van der Waals surface area contributed by atoms with Gasteiger partial charge in [-0.2, -0.15) is 0 Å². The number of amides is 2. The number of carbonyl (C=O) groups excluding carboxylic acids is 2. The van der Waals surface area contributed by atoms with Gasteiger partial charge in [-0.25, -0.2) is 14.7 Å². The standard InChI is InChI=1S/C33H48N2O4SSi/c1-23(14-13-15-24(2)31(36)35-29(21-38-32(35)37)27-16-11-10-12-17-27)18-19-30(39-41(8,9)33(5,6)7)25(3)20-28-22-40-26(4)34-28/h10-12,16-18,20,22,24,29-30H,13-15,19,21H2,1-9H3/t24-,29-,30-/m0/s1. The van der Waals surface area contributed by atoms with Crippen LogP contribution in [0.3, 0.4) is 0 Å². The number of thiazole rings is 1. The monoisotopic (exact) mass is 596 g/mol. The third-order valence-electron chi connectivity index (χ3n) is 8.37. The Kier molecular flexibility index (Phi) is 11.3. The van der Waals surface area contributed by atoms with Crippen LogP contribution in [0.1, 0.15) is 89.5 Å². The van der Waals surface area contributed by atoms with Crippen molar-refractivity contribution >= 4 is 37.7 Å². The van der Waals surface area contributed by atoms with Crippen molar-refractivity contribution < 1.29 is 18.8 Å². The van der Waals surface area contributed by atoms with Crippen molar-refractivity contribution in [2.45, 2.75) is 104 Å². The third-order valence-corrected chi connectivity index (χ3v) is 13.6. The molecule has 8 heteroatoms. The van der Waals surface area contributed by atoms with E-state index in [-0.39, 0.29) is 35.6 Å². The summed E-state index contributed by atoms with van der Waals surface area (Å²) in [5, 5.41) is 3.27. The van der Waals surface area contributed by atoms with Gasteiger partial charge in [0.25, 0.3) is 0 Å². The van der Waals surface area contributed by atoms with Crippen LogP contribution in [-0.4, -0.2) is 42.9 Å². The summed E-state index contributed by atoms with van der Waals surface area (Å²) in [4.78, 5) is 31.6. The average molecular weight is 597 g/mol. The summed E-state index contributed by atoms with van der Waals surface area (Å²) in [7, 11) is -1.98. The van der Waals surface area contributed by atoms with E-state index in [0.717, 1.165) is 35.5 Å². The van der Waals surface area contributed by atoms with E-state index in [0.29, 0.717) is 6.42 Å². The van der Waals surface area contributed by atoms with E-state index in [4.69, 9.17) is 9.16 Å². The second-order valence-electron chi connectivity index (χ2n) is 12.8. The van der Waals surface area contributed by atoms with Crippen LogP contribution in [0.4, 0.5) is 4.79 Å². The zero-order valence-corrected chi connectivity index (χ0v) is 28.1. The summed E-state index contributed by atoms with van der Waals surface area (Å²) in [6, 6.07) is 9.26. The Balaban J connectivity index is 1.61. The lowest BCUT2D eigenvalue weighted by Crippen LogP contribution is -2.44. The number of benzene rings is 1. The van der Waals surface area contributed by atoms with Crippen LogP contribution >= 0.6 is 11.3 Å². The highest BCUT2D eigenvalue weighted by atomic mass is 32.1. The fraction of sp³-hybridized carbons (Fsp3) is 0.545. The molecule has 2 heterocycles. The predicted octanol–water partition coefficient (Wildman–Crippen LogP) is 9.11. The smallest absolute Gasteiger partial charge is 0.417 e. The molecule has 41 heavy (non-hydrogen) atoms. The molecule has 0 radical (unpaired) electrons. The third kappa shape index (κ3) is 8.96. The summed E-state index contributed by atoms with van der Waals surface area (Å²) in [6.07, 6.45) is 7.17. The topological polar surface area (TPSA) is 68.7 Å².